The number of hydrogen-bond acceptors (Lipinski definition) is 3. The molecule has 0 bridgehead atoms. The van der Waals surface area contributed by atoms with E-state index in [4.69, 9.17) is 0 Å². The number of carboxylic acid groups (broad SMARTS) is 1. The minimum absolute atomic E-state index is 0.0749. The Bertz CT molecular complexity index is 751. The maximum Gasteiger partial charge on any atom is 0.335 e. The van der Waals surface area contributed by atoms with Gasteiger partial charge in [0.1, 0.15) is 6.61 Å². The average Bonchev–Trinajstić information content (AvgIpc) is 2.59. The van der Waals surface area contributed by atoms with E-state index in [0.29, 0.717) is 5.56 Å². The largest absolute Gasteiger partial charge is 0.478 e. The van der Waals surface area contributed by atoms with Crippen molar-refractivity contribution >= 4 is 11.8 Å². The van der Waals surface area contributed by atoms with Crippen LogP contribution < -0.4 is 0 Å². The van der Waals surface area contributed by atoms with Crippen LogP contribution >= 0.6 is 0 Å². The molecule has 4 heteroatoms. The van der Waals surface area contributed by atoms with Crippen molar-refractivity contribution in [1.82, 2.24) is 0 Å². The summed E-state index contributed by atoms with van der Waals surface area (Å²) in [5.74, 6) is -0.659. The first-order chi connectivity index (χ1) is 12.1. The Morgan fingerprint density at radius 2 is 1.92 bits per heavy atom. The molecule has 1 saturated carbocycles. The number of hydrogen-bond donors (Lipinski definition) is 2. The van der Waals surface area contributed by atoms with Crippen LogP contribution in [0.4, 0.5) is 0 Å². The predicted molar refractivity (Wildman–Crippen MR) is 101 cm³/mol. The van der Waals surface area contributed by atoms with Gasteiger partial charge in [-0.1, -0.05) is 40.2 Å². The van der Waals surface area contributed by atoms with E-state index in [0.717, 1.165) is 43.2 Å². The molecule has 2 aliphatic rings. The molecule has 3 atom stereocenters. The number of ketones is 1. The van der Waals surface area contributed by atoms with Crippen LogP contribution in [0.5, 0.6) is 0 Å². The Balaban J connectivity index is 2.17. The first kappa shape index (κ1) is 19.1. The van der Waals surface area contributed by atoms with E-state index in [1.807, 2.05) is 26.8 Å². The number of aromatic carboxylic acids is 1. The number of benzene rings is 1. The van der Waals surface area contributed by atoms with Crippen molar-refractivity contribution in [2.24, 2.45) is 11.3 Å². The van der Waals surface area contributed by atoms with Gasteiger partial charge in [-0.25, -0.2) is 4.79 Å². The molecular weight excluding hydrogens is 328 g/mol. The van der Waals surface area contributed by atoms with E-state index >= 15 is 0 Å². The number of Topliss-reactive ketones (excluding diaryl/α,β-unsaturated/α-hetero) is 1. The third-order valence-electron chi connectivity index (χ3n) is 7.16. The molecule has 3 rings (SSSR count). The molecule has 2 N–H and O–H groups in total. The van der Waals surface area contributed by atoms with Gasteiger partial charge in [-0.15, -0.1) is 0 Å². The van der Waals surface area contributed by atoms with Gasteiger partial charge in [0.25, 0.3) is 0 Å². The summed E-state index contributed by atoms with van der Waals surface area (Å²) < 4.78 is 0. The molecule has 1 aromatic carbocycles. The van der Waals surface area contributed by atoms with Crippen LogP contribution in [-0.2, 0) is 16.6 Å². The molecule has 0 spiro atoms. The molecule has 1 aromatic rings. The number of aryl methyl sites for hydroxylation is 1. The summed E-state index contributed by atoms with van der Waals surface area (Å²) in [6, 6.07) is 3.97. The lowest BCUT2D eigenvalue weighted by Crippen LogP contribution is -2.53. The van der Waals surface area contributed by atoms with Gasteiger partial charge in [-0.3, -0.25) is 4.79 Å². The molecule has 4 nitrogen and oxygen atoms in total. The fourth-order valence-corrected chi connectivity index (χ4v) is 5.71. The van der Waals surface area contributed by atoms with Crippen molar-refractivity contribution in [3.8, 4) is 0 Å². The van der Waals surface area contributed by atoms with Crippen LogP contribution in [-0.4, -0.2) is 28.6 Å². The van der Waals surface area contributed by atoms with Crippen LogP contribution in [0.3, 0.4) is 0 Å². The smallest absolute Gasteiger partial charge is 0.335 e. The second-order valence-electron chi connectivity index (χ2n) is 8.92. The monoisotopic (exact) mass is 358 g/mol. The standard InChI is InChI=1S/C22H30O4/c1-13(2)15-10-14-6-7-18-21(3,17(14)11-16(15)20(25)26)8-5-9-22(18,4)19(24)12-23/h10-11,13,18,23H,5-9,12H2,1-4H3,(H,25,26). The highest BCUT2D eigenvalue weighted by Gasteiger charge is 2.54. The molecule has 0 amide bonds. The zero-order chi connectivity index (χ0) is 19.3. The molecule has 142 valence electrons. The number of aliphatic hydroxyl groups excluding tert-OH is 1. The number of aliphatic hydroxyl groups is 1. The number of carboxylic acids is 1. The minimum Gasteiger partial charge on any atom is -0.478 e. The molecule has 2 aliphatic carbocycles. The lowest BCUT2D eigenvalue weighted by Gasteiger charge is -2.54. The number of fused-ring (bicyclic) bond motifs is 3. The molecule has 0 heterocycles. The Morgan fingerprint density at radius 3 is 2.50 bits per heavy atom. The van der Waals surface area contributed by atoms with E-state index in [-0.39, 0.29) is 23.0 Å². The number of carbonyl (C=O) groups is 2. The van der Waals surface area contributed by atoms with Crippen molar-refractivity contribution in [2.45, 2.75) is 71.1 Å². The average molecular weight is 358 g/mol. The van der Waals surface area contributed by atoms with Crippen molar-refractivity contribution < 1.29 is 19.8 Å². The Kier molecular flexibility index (Phi) is 4.76. The quantitative estimate of drug-likeness (QED) is 0.850. The summed E-state index contributed by atoms with van der Waals surface area (Å²) in [5.41, 5.74) is 2.88. The Labute approximate surface area is 155 Å². The topological polar surface area (TPSA) is 74.6 Å². The van der Waals surface area contributed by atoms with Crippen molar-refractivity contribution in [3.63, 3.8) is 0 Å². The summed E-state index contributed by atoms with van der Waals surface area (Å²) in [6.07, 6.45) is 4.46. The minimum atomic E-state index is -0.882. The lowest BCUT2D eigenvalue weighted by molar-refractivity contribution is -0.139. The molecule has 1 fully saturated rings. The highest BCUT2D eigenvalue weighted by atomic mass is 16.4. The molecule has 26 heavy (non-hydrogen) atoms. The van der Waals surface area contributed by atoms with Gasteiger partial charge in [0.05, 0.1) is 5.56 Å². The summed E-state index contributed by atoms with van der Waals surface area (Å²) >= 11 is 0. The van der Waals surface area contributed by atoms with Crippen LogP contribution in [0.1, 0.15) is 86.3 Å². The van der Waals surface area contributed by atoms with E-state index in [1.54, 1.807) is 0 Å². The summed E-state index contributed by atoms with van der Waals surface area (Å²) in [4.78, 5) is 24.4. The van der Waals surface area contributed by atoms with E-state index < -0.39 is 18.0 Å². The van der Waals surface area contributed by atoms with E-state index in [9.17, 15) is 19.8 Å². The van der Waals surface area contributed by atoms with Crippen LogP contribution in [0.15, 0.2) is 12.1 Å². The molecule has 0 saturated heterocycles. The van der Waals surface area contributed by atoms with Gasteiger partial charge in [-0.05, 0) is 65.7 Å². The zero-order valence-electron chi connectivity index (χ0n) is 16.3. The van der Waals surface area contributed by atoms with Gasteiger partial charge >= 0.3 is 5.97 Å². The summed E-state index contributed by atoms with van der Waals surface area (Å²) in [6.45, 7) is 7.83. The van der Waals surface area contributed by atoms with E-state index in [1.165, 1.54) is 5.56 Å². The first-order valence-electron chi connectivity index (χ1n) is 9.70. The fraction of sp³-hybridized carbons (Fsp3) is 0.636. The molecule has 0 aliphatic heterocycles. The first-order valence-corrected chi connectivity index (χ1v) is 9.70. The molecule has 0 radical (unpaired) electrons. The summed E-state index contributed by atoms with van der Waals surface area (Å²) in [5, 5.41) is 19.2. The van der Waals surface area contributed by atoms with Crippen LogP contribution in [0.25, 0.3) is 0 Å². The third kappa shape index (κ3) is 2.70. The maximum atomic E-state index is 12.6. The van der Waals surface area contributed by atoms with Gasteiger partial charge in [0, 0.05) is 5.41 Å². The van der Waals surface area contributed by atoms with Crippen LogP contribution in [0, 0.1) is 11.3 Å². The molecule has 3 unspecified atom stereocenters. The van der Waals surface area contributed by atoms with Gasteiger partial charge in [0.2, 0.25) is 0 Å². The van der Waals surface area contributed by atoms with Gasteiger partial charge in [0.15, 0.2) is 5.78 Å². The van der Waals surface area contributed by atoms with Gasteiger partial charge in [-0.2, -0.15) is 0 Å². The molecular formula is C22H30O4. The normalized spacial score (nSPS) is 30.6. The Hall–Kier alpha value is -1.68. The third-order valence-corrected chi connectivity index (χ3v) is 7.16. The fourth-order valence-electron chi connectivity index (χ4n) is 5.71. The maximum absolute atomic E-state index is 12.6. The Morgan fingerprint density at radius 1 is 1.23 bits per heavy atom. The zero-order valence-corrected chi connectivity index (χ0v) is 16.3. The summed E-state index contributed by atoms with van der Waals surface area (Å²) in [7, 11) is 0. The number of carbonyl (C=O) groups excluding carboxylic acids is 1. The van der Waals surface area contributed by atoms with E-state index in [2.05, 4.69) is 13.0 Å². The van der Waals surface area contributed by atoms with Crippen molar-refractivity contribution in [3.05, 3.63) is 34.4 Å². The van der Waals surface area contributed by atoms with Crippen molar-refractivity contribution in [1.29, 1.82) is 0 Å². The van der Waals surface area contributed by atoms with Gasteiger partial charge < -0.3 is 10.2 Å². The highest BCUT2D eigenvalue weighted by molar-refractivity contribution is 5.90. The highest BCUT2D eigenvalue weighted by Crippen LogP contribution is 2.57. The second-order valence-corrected chi connectivity index (χ2v) is 8.92. The predicted octanol–water partition coefficient (Wildman–Crippen LogP) is 4.08. The number of rotatable bonds is 4. The van der Waals surface area contributed by atoms with Crippen molar-refractivity contribution in [2.75, 3.05) is 6.61 Å². The van der Waals surface area contributed by atoms with Crippen LogP contribution in [0.2, 0.25) is 0 Å². The molecule has 0 aromatic heterocycles. The second kappa shape index (κ2) is 6.49. The lowest BCUT2D eigenvalue weighted by atomic mass is 9.48. The SMILES string of the molecule is CC(C)c1cc2c(cc1C(=O)O)C1(C)CCCC(C)(C(=O)CO)C1CC2.